The lowest BCUT2D eigenvalue weighted by molar-refractivity contribution is -0.118. The number of nitrogens with one attached hydrogen (secondary N) is 2. The third-order valence-corrected chi connectivity index (χ3v) is 5.33. The molecule has 0 saturated heterocycles. The Hall–Kier alpha value is -3.31. The van der Waals surface area contributed by atoms with Gasteiger partial charge in [0.2, 0.25) is 5.91 Å². The number of fused-ring (bicyclic) bond motifs is 1. The molecule has 0 aliphatic carbocycles. The number of aryl methyl sites for hydroxylation is 1. The minimum absolute atomic E-state index is 0.0188. The van der Waals surface area contributed by atoms with Crippen LogP contribution in [0.5, 0.6) is 11.5 Å². The minimum Gasteiger partial charge on any atom is -0.495 e. The molecule has 5 heteroatoms. The number of rotatable bonds is 6. The quantitative estimate of drug-likeness (QED) is 0.622. The van der Waals surface area contributed by atoms with Crippen LogP contribution in [0.3, 0.4) is 0 Å². The Bertz CT molecular complexity index is 1020. The predicted octanol–water partition coefficient (Wildman–Crippen LogP) is 4.80. The Labute approximate surface area is 177 Å². The number of carbonyl (C=O) groups is 1. The van der Waals surface area contributed by atoms with Gasteiger partial charge in [0.15, 0.2) is 0 Å². The highest BCUT2D eigenvalue weighted by molar-refractivity contribution is 5.97. The van der Waals surface area contributed by atoms with Gasteiger partial charge in [-0.1, -0.05) is 54.6 Å². The largest absolute Gasteiger partial charge is 0.495 e. The van der Waals surface area contributed by atoms with Gasteiger partial charge in [0, 0.05) is 18.0 Å². The molecule has 1 aliphatic heterocycles. The number of methoxy groups -OCH3 is 1. The maximum absolute atomic E-state index is 13.4. The highest BCUT2D eigenvalue weighted by atomic mass is 16.5. The Balaban J connectivity index is 1.63. The molecular formula is C25H26N2O3. The van der Waals surface area contributed by atoms with E-state index in [0.29, 0.717) is 18.0 Å². The van der Waals surface area contributed by atoms with Gasteiger partial charge in [-0.15, -0.1) is 0 Å². The van der Waals surface area contributed by atoms with Crippen LogP contribution in [-0.2, 0) is 4.79 Å². The smallest absolute Gasteiger partial charge is 0.246 e. The predicted molar refractivity (Wildman–Crippen MR) is 118 cm³/mol. The van der Waals surface area contributed by atoms with E-state index >= 15 is 0 Å². The molecule has 0 radical (unpaired) electrons. The molecule has 1 amide bonds. The van der Waals surface area contributed by atoms with Gasteiger partial charge in [0.05, 0.1) is 19.4 Å². The number of hydrogen-bond donors (Lipinski definition) is 2. The molecule has 0 bridgehead atoms. The summed E-state index contributed by atoms with van der Waals surface area (Å²) in [5.74, 6) is 1.38. The second-order valence-electron chi connectivity index (χ2n) is 7.43. The lowest BCUT2D eigenvalue weighted by Gasteiger charge is -2.30. The number of amides is 1. The van der Waals surface area contributed by atoms with E-state index in [1.165, 1.54) is 0 Å². The molecule has 4 rings (SSSR count). The molecule has 2 atom stereocenters. The summed E-state index contributed by atoms with van der Waals surface area (Å²) in [5, 5.41) is 6.62. The zero-order valence-electron chi connectivity index (χ0n) is 17.2. The molecule has 2 N–H and O–H groups in total. The van der Waals surface area contributed by atoms with Crippen molar-refractivity contribution in [2.45, 2.75) is 25.4 Å². The van der Waals surface area contributed by atoms with Crippen LogP contribution < -0.4 is 20.1 Å². The molecule has 5 nitrogen and oxygen atoms in total. The van der Waals surface area contributed by atoms with Gasteiger partial charge >= 0.3 is 0 Å². The maximum atomic E-state index is 13.4. The van der Waals surface area contributed by atoms with Crippen molar-refractivity contribution >= 4 is 11.6 Å². The molecule has 0 unspecified atom stereocenters. The summed E-state index contributed by atoms with van der Waals surface area (Å²) >= 11 is 0. The van der Waals surface area contributed by atoms with E-state index in [9.17, 15) is 4.79 Å². The van der Waals surface area contributed by atoms with Gasteiger partial charge in [-0.25, -0.2) is 0 Å². The third kappa shape index (κ3) is 4.31. The molecule has 0 aromatic heterocycles. The van der Waals surface area contributed by atoms with Gasteiger partial charge in [0.25, 0.3) is 0 Å². The van der Waals surface area contributed by atoms with E-state index in [0.717, 1.165) is 28.9 Å². The van der Waals surface area contributed by atoms with Crippen LogP contribution in [-0.4, -0.2) is 19.6 Å². The Morgan fingerprint density at radius 3 is 2.63 bits per heavy atom. The molecule has 1 aliphatic rings. The average molecular weight is 402 g/mol. The topological polar surface area (TPSA) is 59.6 Å². The number of carbonyl (C=O) groups excluding carboxylic acids is 1. The molecule has 3 aromatic carbocycles. The summed E-state index contributed by atoms with van der Waals surface area (Å²) in [6.45, 7) is 2.60. The Morgan fingerprint density at radius 2 is 1.83 bits per heavy atom. The third-order valence-electron chi connectivity index (χ3n) is 5.33. The standard InChI is InChI=1S/C25H26N2O3/c1-17-12-13-23(29-2)21(16-17)27-25(28)24(18-8-4-3-5-9-18)26-20-14-15-30-22-11-7-6-10-19(20)22/h3-13,16,20,24,26H,14-15H2,1-2H3,(H,27,28)/t20-,24-/m1/s1. The van der Waals surface area contributed by atoms with Crippen molar-refractivity contribution in [1.29, 1.82) is 0 Å². The minimum atomic E-state index is -0.521. The van der Waals surface area contributed by atoms with Crippen molar-refractivity contribution in [3.63, 3.8) is 0 Å². The van der Waals surface area contributed by atoms with Crippen LogP contribution in [0.2, 0.25) is 0 Å². The molecule has 30 heavy (non-hydrogen) atoms. The Kier molecular flexibility index (Phi) is 6.00. The first-order valence-electron chi connectivity index (χ1n) is 10.1. The van der Waals surface area contributed by atoms with Crippen LogP contribution in [0, 0.1) is 6.92 Å². The SMILES string of the molecule is COc1ccc(C)cc1NC(=O)[C@H](N[C@@H]1CCOc2ccccc21)c1ccccc1. The zero-order chi connectivity index (χ0) is 20.9. The monoisotopic (exact) mass is 402 g/mol. The summed E-state index contributed by atoms with van der Waals surface area (Å²) in [6.07, 6.45) is 0.793. The molecular weight excluding hydrogens is 376 g/mol. The highest BCUT2D eigenvalue weighted by Gasteiger charge is 2.28. The van der Waals surface area contributed by atoms with Crippen LogP contribution in [0.15, 0.2) is 72.8 Å². The molecule has 0 spiro atoms. The van der Waals surface area contributed by atoms with Gasteiger partial charge in [-0.2, -0.15) is 0 Å². The number of benzene rings is 3. The van der Waals surface area contributed by atoms with Crippen molar-refractivity contribution in [1.82, 2.24) is 5.32 Å². The molecule has 154 valence electrons. The summed E-state index contributed by atoms with van der Waals surface area (Å²) in [6, 6.07) is 23.0. The molecule has 1 heterocycles. The Morgan fingerprint density at radius 1 is 1.07 bits per heavy atom. The molecule has 0 fully saturated rings. The fraction of sp³-hybridized carbons (Fsp3) is 0.240. The van der Waals surface area contributed by atoms with E-state index in [1.807, 2.05) is 73.7 Å². The van der Waals surface area contributed by atoms with Crippen molar-refractivity contribution in [2.75, 3.05) is 19.0 Å². The number of ether oxygens (including phenoxy) is 2. The first kappa shape index (κ1) is 20.0. The van der Waals surface area contributed by atoms with E-state index < -0.39 is 6.04 Å². The summed E-state index contributed by atoms with van der Waals surface area (Å²) in [7, 11) is 1.60. The molecule has 0 saturated carbocycles. The summed E-state index contributed by atoms with van der Waals surface area (Å²) in [5.41, 5.74) is 3.70. The second-order valence-corrected chi connectivity index (χ2v) is 7.43. The van der Waals surface area contributed by atoms with Crippen molar-refractivity contribution < 1.29 is 14.3 Å². The lowest BCUT2D eigenvalue weighted by Crippen LogP contribution is -2.37. The highest BCUT2D eigenvalue weighted by Crippen LogP contribution is 2.34. The maximum Gasteiger partial charge on any atom is 0.246 e. The van der Waals surface area contributed by atoms with E-state index in [1.54, 1.807) is 7.11 Å². The van der Waals surface area contributed by atoms with Gasteiger partial charge in [-0.05, 0) is 36.2 Å². The van der Waals surface area contributed by atoms with E-state index in [-0.39, 0.29) is 11.9 Å². The van der Waals surface area contributed by atoms with Crippen LogP contribution in [0.4, 0.5) is 5.69 Å². The van der Waals surface area contributed by atoms with Gasteiger partial charge in [-0.3, -0.25) is 10.1 Å². The summed E-state index contributed by atoms with van der Waals surface area (Å²) in [4.78, 5) is 13.4. The first-order chi connectivity index (χ1) is 14.7. The van der Waals surface area contributed by atoms with Crippen LogP contribution in [0.1, 0.15) is 35.2 Å². The van der Waals surface area contributed by atoms with E-state index in [2.05, 4.69) is 16.7 Å². The van der Waals surface area contributed by atoms with Gasteiger partial charge < -0.3 is 14.8 Å². The number of hydrogen-bond acceptors (Lipinski definition) is 4. The van der Waals surface area contributed by atoms with E-state index in [4.69, 9.17) is 9.47 Å². The van der Waals surface area contributed by atoms with Crippen LogP contribution >= 0.6 is 0 Å². The normalized spacial score (nSPS) is 16.1. The average Bonchev–Trinajstić information content (AvgIpc) is 2.78. The second kappa shape index (κ2) is 9.01. The van der Waals surface area contributed by atoms with Crippen LogP contribution in [0.25, 0.3) is 0 Å². The fourth-order valence-electron chi connectivity index (χ4n) is 3.81. The van der Waals surface area contributed by atoms with Crippen molar-refractivity contribution in [2.24, 2.45) is 0 Å². The number of anilines is 1. The zero-order valence-corrected chi connectivity index (χ0v) is 17.2. The molecule has 3 aromatic rings. The van der Waals surface area contributed by atoms with Gasteiger partial charge in [0.1, 0.15) is 17.5 Å². The van der Waals surface area contributed by atoms with Crippen molar-refractivity contribution in [3.05, 3.63) is 89.5 Å². The van der Waals surface area contributed by atoms with Crippen molar-refractivity contribution in [3.8, 4) is 11.5 Å². The fourth-order valence-corrected chi connectivity index (χ4v) is 3.81. The first-order valence-corrected chi connectivity index (χ1v) is 10.1. The lowest BCUT2D eigenvalue weighted by atomic mass is 9.97. The summed E-state index contributed by atoms with van der Waals surface area (Å²) < 4.78 is 11.2. The number of para-hydroxylation sites is 1.